The number of amides is 2. The number of ether oxygens (including phenoxy) is 1. The highest BCUT2D eigenvalue weighted by molar-refractivity contribution is 5.99. The summed E-state index contributed by atoms with van der Waals surface area (Å²) in [7, 11) is 0. The number of hydrogen-bond donors (Lipinski definition) is 3. The molecule has 0 spiro atoms. The van der Waals surface area contributed by atoms with E-state index in [1.54, 1.807) is 18.2 Å². The van der Waals surface area contributed by atoms with Crippen LogP contribution in [0.3, 0.4) is 0 Å². The van der Waals surface area contributed by atoms with E-state index in [4.69, 9.17) is 10.5 Å². The first-order valence-electron chi connectivity index (χ1n) is 7.75. The molecule has 6 heteroatoms. The first-order chi connectivity index (χ1) is 10.7. The molecule has 1 aromatic rings. The zero-order chi connectivity index (χ0) is 15.5. The van der Waals surface area contributed by atoms with Gasteiger partial charge in [0.05, 0.1) is 5.69 Å². The summed E-state index contributed by atoms with van der Waals surface area (Å²) < 4.78 is 5.29. The van der Waals surface area contributed by atoms with Crippen LogP contribution in [0.4, 0.5) is 5.69 Å². The summed E-state index contributed by atoms with van der Waals surface area (Å²) in [5, 5.41) is 5.80. The maximum Gasteiger partial charge on any atom is 0.262 e. The third-order valence-electron chi connectivity index (χ3n) is 4.40. The molecule has 0 saturated heterocycles. The fourth-order valence-corrected chi connectivity index (χ4v) is 3.16. The highest BCUT2D eigenvalue weighted by atomic mass is 16.5. The maximum atomic E-state index is 12.4. The van der Waals surface area contributed by atoms with Crippen LogP contribution in [0.5, 0.6) is 5.75 Å². The minimum atomic E-state index is -0.208. The predicted octanol–water partition coefficient (Wildman–Crippen LogP) is 1.26. The van der Waals surface area contributed by atoms with Gasteiger partial charge in [-0.25, -0.2) is 0 Å². The minimum Gasteiger partial charge on any atom is -0.482 e. The van der Waals surface area contributed by atoms with Gasteiger partial charge in [-0.1, -0.05) is 12.8 Å². The second-order valence-electron chi connectivity index (χ2n) is 5.91. The van der Waals surface area contributed by atoms with Gasteiger partial charge in [0.25, 0.3) is 11.8 Å². The van der Waals surface area contributed by atoms with E-state index in [1.807, 2.05) is 0 Å². The summed E-state index contributed by atoms with van der Waals surface area (Å²) in [5.41, 5.74) is 6.86. The van der Waals surface area contributed by atoms with Crippen LogP contribution >= 0.6 is 0 Å². The third kappa shape index (κ3) is 3.06. The summed E-state index contributed by atoms with van der Waals surface area (Å²) >= 11 is 0. The fourth-order valence-electron chi connectivity index (χ4n) is 3.16. The van der Waals surface area contributed by atoms with Gasteiger partial charge in [0.1, 0.15) is 5.75 Å². The Bertz CT molecular complexity index is 588. The van der Waals surface area contributed by atoms with Crippen molar-refractivity contribution in [1.29, 1.82) is 0 Å². The molecular formula is C16H21N3O3. The Morgan fingerprint density at radius 1 is 1.36 bits per heavy atom. The molecule has 2 aliphatic rings. The number of nitrogens with one attached hydrogen (secondary N) is 2. The molecule has 118 valence electrons. The lowest BCUT2D eigenvalue weighted by Gasteiger charge is -2.31. The SMILES string of the molecule is NCC1CCCCC1NC(=O)c1ccc2c(c1)NC(=O)CO2. The summed E-state index contributed by atoms with van der Waals surface area (Å²) in [6.07, 6.45) is 4.33. The van der Waals surface area contributed by atoms with Crippen molar-refractivity contribution in [2.24, 2.45) is 11.7 Å². The van der Waals surface area contributed by atoms with Crippen molar-refractivity contribution in [3.05, 3.63) is 23.8 Å². The molecule has 1 aliphatic carbocycles. The van der Waals surface area contributed by atoms with Gasteiger partial charge in [0.2, 0.25) is 0 Å². The first-order valence-corrected chi connectivity index (χ1v) is 7.75. The van der Waals surface area contributed by atoms with E-state index in [0.717, 1.165) is 19.3 Å². The van der Waals surface area contributed by atoms with Crippen molar-refractivity contribution in [2.75, 3.05) is 18.5 Å². The topological polar surface area (TPSA) is 93.5 Å². The first kappa shape index (κ1) is 14.8. The van der Waals surface area contributed by atoms with Crippen LogP contribution in [-0.2, 0) is 4.79 Å². The molecule has 2 unspecified atom stereocenters. The van der Waals surface area contributed by atoms with Crippen LogP contribution in [0.1, 0.15) is 36.0 Å². The Labute approximate surface area is 129 Å². The fraction of sp³-hybridized carbons (Fsp3) is 0.500. The second-order valence-corrected chi connectivity index (χ2v) is 5.91. The molecule has 2 atom stereocenters. The quantitative estimate of drug-likeness (QED) is 0.784. The molecule has 1 aliphatic heterocycles. The Morgan fingerprint density at radius 2 is 2.18 bits per heavy atom. The van der Waals surface area contributed by atoms with Gasteiger partial charge in [-0.15, -0.1) is 0 Å². The summed E-state index contributed by atoms with van der Waals surface area (Å²) in [4.78, 5) is 23.8. The van der Waals surface area contributed by atoms with Gasteiger partial charge in [-0.3, -0.25) is 9.59 Å². The van der Waals surface area contributed by atoms with Crippen LogP contribution in [0.25, 0.3) is 0 Å². The Kier molecular flexibility index (Phi) is 4.29. The van der Waals surface area contributed by atoms with Crippen LogP contribution in [0.2, 0.25) is 0 Å². The second kappa shape index (κ2) is 6.36. The number of fused-ring (bicyclic) bond motifs is 1. The molecule has 0 bridgehead atoms. The van der Waals surface area contributed by atoms with Crippen LogP contribution in [0, 0.1) is 5.92 Å². The molecule has 22 heavy (non-hydrogen) atoms. The summed E-state index contributed by atoms with van der Waals surface area (Å²) in [6.45, 7) is 0.609. The Hall–Kier alpha value is -2.08. The molecule has 0 radical (unpaired) electrons. The number of hydrogen-bond acceptors (Lipinski definition) is 4. The zero-order valence-corrected chi connectivity index (χ0v) is 12.4. The molecule has 4 N–H and O–H groups in total. The van der Waals surface area contributed by atoms with Crippen molar-refractivity contribution in [3.8, 4) is 5.75 Å². The van der Waals surface area contributed by atoms with Crippen molar-refractivity contribution < 1.29 is 14.3 Å². The maximum absolute atomic E-state index is 12.4. The molecule has 0 aromatic heterocycles. The summed E-state index contributed by atoms with van der Waals surface area (Å²) in [5.74, 6) is 0.598. The van der Waals surface area contributed by atoms with Gasteiger partial charge in [-0.2, -0.15) is 0 Å². The van der Waals surface area contributed by atoms with E-state index >= 15 is 0 Å². The van der Waals surface area contributed by atoms with E-state index in [9.17, 15) is 9.59 Å². The monoisotopic (exact) mass is 303 g/mol. The van der Waals surface area contributed by atoms with E-state index in [-0.39, 0.29) is 24.5 Å². The Morgan fingerprint density at radius 3 is 3.00 bits per heavy atom. The highest BCUT2D eigenvalue weighted by Gasteiger charge is 2.26. The minimum absolute atomic E-state index is 0.0127. The van der Waals surface area contributed by atoms with Gasteiger partial charge < -0.3 is 21.1 Å². The molecule has 1 heterocycles. The molecule has 6 nitrogen and oxygen atoms in total. The van der Waals surface area contributed by atoms with Crippen LogP contribution < -0.4 is 21.1 Å². The number of anilines is 1. The van der Waals surface area contributed by atoms with Crippen molar-refractivity contribution in [1.82, 2.24) is 5.32 Å². The average molecular weight is 303 g/mol. The molecule has 1 fully saturated rings. The van der Waals surface area contributed by atoms with Gasteiger partial charge >= 0.3 is 0 Å². The van der Waals surface area contributed by atoms with Crippen molar-refractivity contribution >= 4 is 17.5 Å². The number of carbonyl (C=O) groups excluding carboxylic acids is 2. The van der Waals surface area contributed by atoms with Crippen LogP contribution in [0.15, 0.2) is 18.2 Å². The molecule has 3 rings (SSSR count). The highest BCUT2D eigenvalue weighted by Crippen LogP contribution is 2.29. The molecule has 1 aromatic carbocycles. The van der Waals surface area contributed by atoms with Crippen molar-refractivity contribution in [2.45, 2.75) is 31.7 Å². The van der Waals surface area contributed by atoms with E-state index in [1.165, 1.54) is 6.42 Å². The van der Waals surface area contributed by atoms with Gasteiger partial charge in [0, 0.05) is 11.6 Å². The molecule has 2 amide bonds. The summed E-state index contributed by atoms with van der Waals surface area (Å²) in [6, 6.07) is 5.21. The zero-order valence-electron chi connectivity index (χ0n) is 12.4. The third-order valence-corrected chi connectivity index (χ3v) is 4.40. The smallest absolute Gasteiger partial charge is 0.262 e. The van der Waals surface area contributed by atoms with Gasteiger partial charge in [-0.05, 0) is 43.5 Å². The van der Waals surface area contributed by atoms with E-state index in [0.29, 0.717) is 29.5 Å². The molecular weight excluding hydrogens is 282 g/mol. The van der Waals surface area contributed by atoms with Crippen LogP contribution in [-0.4, -0.2) is 31.0 Å². The lowest BCUT2D eigenvalue weighted by molar-refractivity contribution is -0.118. The van der Waals surface area contributed by atoms with E-state index in [2.05, 4.69) is 10.6 Å². The predicted molar refractivity (Wildman–Crippen MR) is 82.8 cm³/mol. The normalized spacial score (nSPS) is 24.0. The Balaban J connectivity index is 1.72. The average Bonchev–Trinajstić information content (AvgIpc) is 2.54. The lowest BCUT2D eigenvalue weighted by atomic mass is 9.84. The van der Waals surface area contributed by atoms with Gasteiger partial charge in [0.15, 0.2) is 6.61 Å². The number of carbonyl (C=O) groups is 2. The van der Waals surface area contributed by atoms with Crippen molar-refractivity contribution in [3.63, 3.8) is 0 Å². The lowest BCUT2D eigenvalue weighted by Crippen LogP contribution is -2.44. The largest absolute Gasteiger partial charge is 0.482 e. The standard InChI is InChI=1S/C16H21N3O3/c17-8-11-3-1-2-4-12(11)19-16(21)10-5-6-14-13(7-10)18-15(20)9-22-14/h5-7,11-12H,1-4,8-9,17H2,(H,18,20)(H,19,21). The molecule has 1 saturated carbocycles. The number of rotatable bonds is 3. The van der Waals surface area contributed by atoms with E-state index < -0.39 is 0 Å². The number of nitrogens with two attached hydrogens (primary N) is 1. The number of benzene rings is 1.